The molecule has 0 radical (unpaired) electrons. The third-order valence-corrected chi connectivity index (χ3v) is 7.76. The van der Waals surface area contributed by atoms with Gasteiger partial charge in [0.1, 0.15) is 16.9 Å². The Balaban J connectivity index is 1.71. The first kappa shape index (κ1) is 26.9. The van der Waals surface area contributed by atoms with E-state index in [1.807, 2.05) is 103 Å². The highest BCUT2D eigenvalue weighted by molar-refractivity contribution is 5.81. The average Bonchev–Trinajstić information content (AvgIpc) is 3.49. The van der Waals surface area contributed by atoms with Crippen molar-refractivity contribution in [2.45, 2.75) is 17.9 Å². The van der Waals surface area contributed by atoms with Crippen molar-refractivity contribution in [3.05, 3.63) is 155 Å². The van der Waals surface area contributed by atoms with E-state index in [1.165, 1.54) is 7.11 Å². The Morgan fingerprint density at radius 2 is 1.31 bits per heavy atom. The van der Waals surface area contributed by atoms with E-state index in [9.17, 15) is 4.79 Å². The number of nitrogens with one attached hydrogen (secondary N) is 1. The van der Waals surface area contributed by atoms with Gasteiger partial charge in [-0.1, -0.05) is 127 Å². The number of methoxy groups -OCH3 is 1. The van der Waals surface area contributed by atoms with Crippen LogP contribution in [0.3, 0.4) is 0 Å². The van der Waals surface area contributed by atoms with Crippen molar-refractivity contribution in [2.24, 2.45) is 0 Å². The summed E-state index contributed by atoms with van der Waals surface area (Å²) in [6, 6.07) is 42.8. The lowest BCUT2D eigenvalue weighted by atomic mass is 9.77. The number of esters is 1. The number of ether oxygens (including phenoxy) is 1. The quantitative estimate of drug-likeness (QED) is 0.165. The molecule has 7 heteroatoms. The Morgan fingerprint density at radius 1 is 0.810 bits per heavy atom. The SMILES string of the molecule is CNc1cc([C@H](CC(=O)OC)c2ccccc2)c2nnn(C(c3ccccc3)(c3ccccc3)c3ccccc3)c2n1. The first-order valence-electron chi connectivity index (χ1n) is 13.9. The number of carbonyl (C=O) groups is 1. The molecule has 7 nitrogen and oxygen atoms in total. The number of fused-ring (bicyclic) bond motifs is 1. The van der Waals surface area contributed by atoms with Gasteiger partial charge in [-0.05, 0) is 33.9 Å². The van der Waals surface area contributed by atoms with Gasteiger partial charge in [0.15, 0.2) is 5.65 Å². The van der Waals surface area contributed by atoms with Crippen LogP contribution >= 0.6 is 0 Å². The zero-order valence-electron chi connectivity index (χ0n) is 23.5. The normalized spacial score (nSPS) is 12.1. The maximum absolute atomic E-state index is 12.7. The topological polar surface area (TPSA) is 81.9 Å². The minimum atomic E-state index is -0.889. The van der Waals surface area contributed by atoms with Crippen molar-refractivity contribution in [3.8, 4) is 0 Å². The third kappa shape index (κ3) is 4.69. The van der Waals surface area contributed by atoms with Crippen LogP contribution in [0.25, 0.3) is 11.2 Å². The lowest BCUT2D eigenvalue weighted by molar-refractivity contribution is -0.140. The van der Waals surface area contributed by atoms with Crippen LogP contribution < -0.4 is 5.32 Å². The highest BCUT2D eigenvalue weighted by Gasteiger charge is 2.42. The van der Waals surface area contributed by atoms with Crippen molar-refractivity contribution in [1.82, 2.24) is 20.0 Å². The van der Waals surface area contributed by atoms with Gasteiger partial charge in [0.2, 0.25) is 0 Å². The van der Waals surface area contributed by atoms with Crippen LogP contribution in [0.15, 0.2) is 127 Å². The molecule has 0 aliphatic rings. The molecule has 1 atom stereocenters. The van der Waals surface area contributed by atoms with Gasteiger partial charge in [-0.3, -0.25) is 4.79 Å². The van der Waals surface area contributed by atoms with Gasteiger partial charge in [0.05, 0.1) is 13.5 Å². The van der Waals surface area contributed by atoms with Crippen molar-refractivity contribution in [2.75, 3.05) is 19.5 Å². The molecule has 0 aliphatic carbocycles. The molecule has 0 spiro atoms. The number of nitrogens with zero attached hydrogens (tertiary/aromatic N) is 4. The summed E-state index contributed by atoms with van der Waals surface area (Å²) in [5.41, 5.74) is 5.20. The van der Waals surface area contributed by atoms with E-state index < -0.39 is 5.54 Å². The third-order valence-electron chi connectivity index (χ3n) is 7.76. The van der Waals surface area contributed by atoms with Crippen molar-refractivity contribution in [1.29, 1.82) is 0 Å². The van der Waals surface area contributed by atoms with Crippen LogP contribution in [0.5, 0.6) is 0 Å². The molecule has 42 heavy (non-hydrogen) atoms. The second-order valence-corrected chi connectivity index (χ2v) is 10.1. The van der Waals surface area contributed by atoms with Gasteiger partial charge in [-0.25, -0.2) is 9.67 Å². The Bertz CT molecular complexity index is 1690. The summed E-state index contributed by atoms with van der Waals surface area (Å²) < 4.78 is 7.04. The zero-order valence-corrected chi connectivity index (χ0v) is 23.5. The van der Waals surface area contributed by atoms with E-state index in [-0.39, 0.29) is 18.3 Å². The molecule has 2 aromatic heterocycles. The number of pyridine rings is 1. The summed E-state index contributed by atoms with van der Waals surface area (Å²) in [5, 5.41) is 12.9. The largest absolute Gasteiger partial charge is 0.469 e. The summed E-state index contributed by atoms with van der Waals surface area (Å²) in [7, 11) is 3.25. The second kappa shape index (κ2) is 11.7. The minimum Gasteiger partial charge on any atom is -0.469 e. The molecule has 0 bridgehead atoms. The summed E-state index contributed by atoms with van der Waals surface area (Å²) in [5.74, 6) is 0.0235. The number of anilines is 1. The van der Waals surface area contributed by atoms with Crippen LogP contribution in [0.2, 0.25) is 0 Å². The molecule has 0 unspecified atom stereocenters. The van der Waals surface area contributed by atoms with Crippen LogP contribution in [0, 0.1) is 0 Å². The lowest BCUT2D eigenvalue weighted by Gasteiger charge is -2.36. The fraction of sp³-hybridized carbons (Fsp3) is 0.143. The number of carbonyl (C=O) groups excluding carboxylic acids is 1. The van der Waals surface area contributed by atoms with Crippen molar-refractivity contribution >= 4 is 23.0 Å². The smallest absolute Gasteiger partial charge is 0.306 e. The lowest BCUT2D eigenvalue weighted by Crippen LogP contribution is -2.39. The van der Waals surface area contributed by atoms with E-state index in [0.29, 0.717) is 17.0 Å². The fourth-order valence-corrected chi connectivity index (χ4v) is 5.79. The molecule has 0 saturated heterocycles. The molecule has 6 aromatic rings. The van der Waals surface area contributed by atoms with Gasteiger partial charge in [-0.2, -0.15) is 0 Å². The molecule has 6 rings (SSSR count). The van der Waals surface area contributed by atoms with Gasteiger partial charge in [0.25, 0.3) is 0 Å². The molecule has 1 N–H and O–H groups in total. The minimum absolute atomic E-state index is 0.150. The van der Waals surface area contributed by atoms with Crippen LogP contribution in [0.1, 0.15) is 40.2 Å². The molecular weight excluding hydrogens is 522 g/mol. The van der Waals surface area contributed by atoms with Crippen molar-refractivity contribution < 1.29 is 9.53 Å². The first-order chi connectivity index (χ1) is 20.7. The van der Waals surface area contributed by atoms with Crippen LogP contribution in [0.4, 0.5) is 5.82 Å². The molecule has 2 heterocycles. The number of rotatable bonds is 9. The predicted octanol–water partition coefficient (Wildman–Crippen LogP) is 6.40. The average molecular weight is 554 g/mol. The highest BCUT2D eigenvalue weighted by Crippen LogP contribution is 2.43. The maximum Gasteiger partial charge on any atom is 0.306 e. The molecular formula is C35H31N5O2. The Morgan fingerprint density at radius 3 is 1.79 bits per heavy atom. The number of aromatic nitrogens is 4. The number of hydrogen-bond donors (Lipinski definition) is 1. The van der Waals surface area contributed by atoms with Crippen LogP contribution in [-0.2, 0) is 15.1 Å². The van der Waals surface area contributed by atoms with E-state index in [1.54, 1.807) is 0 Å². The van der Waals surface area contributed by atoms with Gasteiger partial charge < -0.3 is 10.1 Å². The Hall–Kier alpha value is -5.30. The summed E-state index contributed by atoms with van der Waals surface area (Å²) in [6.07, 6.45) is 0.150. The zero-order chi connectivity index (χ0) is 28.9. The number of hydrogen-bond acceptors (Lipinski definition) is 6. The van der Waals surface area contributed by atoms with Crippen molar-refractivity contribution in [3.63, 3.8) is 0 Å². The fourth-order valence-electron chi connectivity index (χ4n) is 5.79. The molecule has 4 aromatic carbocycles. The molecule has 0 amide bonds. The van der Waals surface area contributed by atoms with E-state index in [2.05, 4.69) is 41.7 Å². The van der Waals surface area contributed by atoms with Crippen LogP contribution in [-0.4, -0.2) is 40.1 Å². The maximum atomic E-state index is 12.7. The molecule has 0 fully saturated rings. The highest BCUT2D eigenvalue weighted by atomic mass is 16.5. The summed E-state index contributed by atoms with van der Waals surface area (Å²) >= 11 is 0. The van der Waals surface area contributed by atoms with E-state index in [0.717, 1.165) is 27.8 Å². The Kier molecular flexibility index (Phi) is 7.47. The van der Waals surface area contributed by atoms with Gasteiger partial charge >= 0.3 is 5.97 Å². The second-order valence-electron chi connectivity index (χ2n) is 10.1. The van der Waals surface area contributed by atoms with E-state index >= 15 is 0 Å². The monoisotopic (exact) mass is 553 g/mol. The summed E-state index contributed by atoms with van der Waals surface area (Å²) in [6.45, 7) is 0. The molecule has 0 saturated carbocycles. The summed E-state index contributed by atoms with van der Waals surface area (Å²) in [4.78, 5) is 17.7. The van der Waals surface area contributed by atoms with E-state index in [4.69, 9.17) is 20.0 Å². The standard InChI is InChI=1S/C35H31N5O2/c1-36-31-23-30(29(24-32(41)42-2)25-15-7-3-8-16-25)33-34(37-31)40(39-38-33)35(26-17-9-4-10-18-26,27-19-11-5-12-20-27)28-21-13-6-14-22-28/h3-23,29H,24H2,1-2H3,(H,36,37)/t29-/m1/s1. The van der Waals surface area contributed by atoms with Gasteiger partial charge in [0, 0.05) is 13.0 Å². The molecule has 208 valence electrons. The Labute approximate surface area is 244 Å². The van der Waals surface area contributed by atoms with Gasteiger partial charge in [-0.15, -0.1) is 5.10 Å². The predicted molar refractivity (Wildman–Crippen MR) is 164 cm³/mol. The number of benzene rings is 4. The first-order valence-corrected chi connectivity index (χ1v) is 13.9. The molecule has 0 aliphatic heterocycles.